The molecule has 4 rings (SSSR count). The minimum absolute atomic E-state index is 0.283. The standard InChI is InChI=1S/C29H32N2O3/c1-6-30(7-2)20-13-15-24-26(17-20)34-27-18-21(31(8-3)19(4)5)14-16-25(27)28(24)22-11-9-10-12-23(22)29(32)33/h9-19H,6-8H2,1-5H3/p+1. The van der Waals surface area contributed by atoms with E-state index in [1.54, 1.807) is 12.1 Å². The van der Waals surface area contributed by atoms with E-state index < -0.39 is 5.97 Å². The summed E-state index contributed by atoms with van der Waals surface area (Å²) in [6, 6.07) is 20.0. The van der Waals surface area contributed by atoms with Crippen molar-refractivity contribution in [2.75, 3.05) is 24.5 Å². The van der Waals surface area contributed by atoms with Crippen molar-refractivity contribution in [2.24, 2.45) is 0 Å². The molecule has 0 aromatic heterocycles. The van der Waals surface area contributed by atoms with E-state index in [1.807, 2.05) is 12.1 Å². The smallest absolute Gasteiger partial charge is 0.336 e. The average Bonchev–Trinajstić information content (AvgIpc) is 2.83. The number of carboxylic acids is 1. The van der Waals surface area contributed by atoms with Gasteiger partial charge < -0.3 is 14.4 Å². The van der Waals surface area contributed by atoms with Crippen LogP contribution in [0.3, 0.4) is 0 Å². The summed E-state index contributed by atoms with van der Waals surface area (Å²) in [5.74, 6) is -0.192. The Bertz CT molecular complexity index is 1380. The van der Waals surface area contributed by atoms with Crippen LogP contribution in [0, 0.1) is 0 Å². The Balaban J connectivity index is 2.13. The van der Waals surface area contributed by atoms with Gasteiger partial charge in [0.2, 0.25) is 5.36 Å². The summed E-state index contributed by atoms with van der Waals surface area (Å²) in [5.41, 5.74) is 4.60. The minimum atomic E-state index is -0.939. The second-order valence-corrected chi connectivity index (χ2v) is 8.74. The van der Waals surface area contributed by atoms with Crippen molar-refractivity contribution in [1.29, 1.82) is 0 Å². The fourth-order valence-electron chi connectivity index (χ4n) is 4.86. The molecule has 0 unspecified atom stereocenters. The molecule has 34 heavy (non-hydrogen) atoms. The molecule has 0 bridgehead atoms. The minimum Gasteiger partial charge on any atom is -0.478 e. The largest absolute Gasteiger partial charge is 0.478 e. The second kappa shape index (κ2) is 9.72. The van der Waals surface area contributed by atoms with E-state index >= 15 is 0 Å². The predicted molar refractivity (Wildman–Crippen MR) is 140 cm³/mol. The highest BCUT2D eigenvalue weighted by atomic mass is 16.4. The highest BCUT2D eigenvalue weighted by Crippen LogP contribution is 2.42. The summed E-state index contributed by atoms with van der Waals surface area (Å²) in [6.45, 7) is 13.5. The van der Waals surface area contributed by atoms with Gasteiger partial charge in [-0.15, -0.1) is 0 Å². The van der Waals surface area contributed by atoms with Crippen LogP contribution < -0.4 is 14.8 Å². The van der Waals surface area contributed by atoms with Gasteiger partial charge >= 0.3 is 5.97 Å². The van der Waals surface area contributed by atoms with E-state index in [9.17, 15) is 9.90 Å². The maximum atomic E-state index is 12.1. The lowest BCUT2D eigenvalue weighted by Crippen LogP contribution is -2.30. The van der Waals surface area contributed by atoms with E-state index in [1.165, 1.54) is 0 Å². The monoisotopic (exact) mass is 457 g/mol. The molecule has 1 aliphatic heterocycles. The zero-order valence-electron chi connectivity index (χ0n) is 20.6. The van der Waals surface area contributed by atoms with Crippen molar-refractivity contribution in [1.82, 2.24) is 4.58 Å². The van der Waals surface area contributed by atoms with Crippen molar-refractivity contribution in [2.45, 2.75) is 40.7 Å². The summed E-state index contributed by atoms with van der Waals surface area (Å²) < 4.78 is 8.78. The van der Waals surface area contributed by atoms with Crippen LogP contribution in [0.4, 0.5) is 5.69 Å². The van der Waals surface area contributed by atoms with E-state index in [4.69, 9.17) is 4.42 Å². The van der Waals surface area contributed by atoms with Crippen molar-refractivity contribution in [3.8, 4) is 22.5 Å². The number of anilines is 1. The normalized spacial score (nSPS) is 11.4. The van der Waals surface area contributed by atoms with Crippen LogP contribution >= 0.6 is 0 Å². The third-order valence-corrected chi connectivity index (χ3v) is 6.54. The molecule has 2 aromatic rings. The summed E-state index contributed by atoms with van der Waals surface area (Å²) in [7, 11) is 0. The van der Waals surface area contributed by atoms with Crippen molar-refractivity contribution >= 4 is 22.6 Å². The summed E-state index contributed by atoms with van der Waals surface area (Å²) >= 11 is 0. The first-order chi connectivity index (χ1) is 16.4. The zero-order valence-corrected chi connectivity index (χ0v) is 20.6. The number of rotatable bonds is 7. The number of nitrogens with zero attached hydrogens (tertiary/aromatic N) is 2. The maximum Gasteiger partial charge on any atom is 0.336 e. The van der Waals surface area contributed by atoms with Crippen molar-refractivity contribution < 1.29 is 14.3 Å². The Labute approximate surface area is 200 Å². The van der Waals surface area contributed by atoms with Gasteiger partial charge in [0.15, 0.2) is 0 Å². The molecule has 5 nitrogen and oxygen atoms in total. The molecule has 0 amide bonds. The fraction of sp³-hybridized carbons (Fsp3) is 0.310. The molecular formula is C29H33N2O3+. The Morgan fingerprint density at radius 3 is 2.35 bits per heavy atom. The second-order valence-electron chi connectivity index (χ2n) is 8.74. The van der Waals surface area contributed by atoms with Gasteiger partial charge in [0.05, 0.1) is 11.6 Å². The molecule has 176 valence electrons. The molecule has 0 spiro atoms. The number of carbonyl (C=O) groups is 1. The molecule has 2 aromatic carbocycles. The molecule has 1 aliphatic carbocycles. The highest BCUT2D eigenvalue weighted by molar-refractivity contribution is 6.07. The molecule has 1 heterocycles. The van der Waals surface area contributed by atoms with Crippen molar-refractivity contribution in [3.63, 3.8) is 0 Å². The molecule has 0 atom stereocenters. The van der Waals surface area contributed by atoms with Gasteiger partial charge in [-0.2, -0.15) is 0 Å². The van der Waals surface area contributed by atoms with E-state index in [0.717, 1.165) is 58.5 Å². The van der Waals surface area contributed by atoms with Gasteiger partial charge in [0.1, 0.15) is 24.4 Å². The van der Waals surface area contributed by atoms with Gasteiger partial charge in [0, 0.05) is 46.9 Å². The molecule has 1 N–H and O–H groups in total. The van der Waals surface area contributed by atoms with Gasteiger partial charge in [-0.3, -0.25) is 0 Å². The van der Waals surface area contributed by atoms with Crippen LogP contribution in [0.25, 0.3) is 33.4 Å². The number of benzene rings is 3. The van der Waals surface area contributed by atoms with E-state index in [2.05, 4.69) is 80.5 Å². The van der Waals surface area contributed by atoms with Crippen LogP contribution in [0.5, 0.6) is 0 Å². The third-order valence-electron chi connectivity index (χ3n) is 6.54. The third kappa shape index (κ3) is 4.18. The Morgan fingerprint density at radius 2 is 1.71 bits per heavy atom. The van der Waals surface area contributed by atoms with Crippen molar-refractivity contribution in [3.05, 3.63) is 71.6 Å². The zero-order chi connectivity index (χ0) is 24.4. The van der Waals surface area contributed by atoms with Crippen LogP contribution in [0.1, 0.15) is 45.0 Å². The lowest BCUT2D eigenvalue weighted by Gasteiger charge is -2.28. The SMILES string of the molecule is CCN(c1ccc2c(-c3ccccc3C(=O)O)c3ccc(=[N+](CC)CC)cc-3oc2c1)C(C)C. The summed E-state index contributed by atoms with van der Waals surface area (Å²) in [4.78, 5) is 14.4. The van der Waals surface area contributed by atoms with Crippen LogP contribution in [-0.4, -0.2) is 36.8 Å². The Morgan fingerprint density at radius 1 is 0.971 bits per heavy atom. The van der Waals surface area contributed by atoms with Crippen LogP contribution in [-0.2, 0) is 0 Å². The first kappa shape index (κ1) is 23.6. The predicted octanol–water partition coefficient (Wildman–Crippen LogP) is 5.95. The van der Waals surface area contributed by atoms with E-state index in [0.29, 0.717) is 11.6 Å². The number of hydrogen-bond donors (Lipinski definition) is 1. The van der Waals surface area contributed by atoms with E-state index in [-0.39, 0.29) is 5.56 Å². The number of carboxylic acid groups (broad SMARTS) is 1. The molecular weight excluding hydrogens is 424 g/mol. The Hall–Kier alpha value is -3.60. The van der Waals surface area contributed by atoms with Crippen LogP contribution in [0.2, 0.25) is 0 Å². The first-order valence-electron chi connectivity index (χ1n) is 12.1. The molecule has 0 saturated carbocycles. The molecule has 0 saturated heterocycles. The number of hydrogen-bond acceptors (Lipinski definition) is 3. The van der Waals surface area contributed by atoms with Gasteiger partial charge in [-0.25, -0.2) is 9.37 Å². The van der Waals surface area contributed by atoms with Crippen LogP contribution in [0.15, 0.2) is 65.1 Å². The van der Waals surface area contributed by atoms with Gasteiger partial charge in [0.25, 0.3) is 0 Å². The Kier molecular flexibility index (Phi) is 6.73. The van der Waals surface area contributed by atoms with Gasteiger partial charge in [-0.1, -0.05) is 18.2 Å². The lowest BCUT2D eigenvalue weighted by atomic mass is 9.90. The fourth-order valence-corrected chi connectivity index (χ4v) is 4.86. The molecule has 5 heteroatoms. The average molecular weight is 458 g/mol. The lowest BCUT2D eigenvalue weighted by molar-refractivity contribution is 0.0697. The molecule has 0 fully saturated rings. The molecule has 2 aliphatic rings. The van der Waals surface area contributed by atoms with Gasteiger partial charge in [-0.05, 0) is 64.4 Å². The summed E-state index contributed by atoms with van der Waals surface area (Å²) in [6.07, 6.45) is 0. The quantitative estimate of drug-likeness (QED) is 0.275. The topological polar surface area (TPSA) is 56.7 Å². The highest BCUT2D eigenvalue weighted by Gasteiger charge is 2.22. The number of aromatic carboxylic acids is 1. The summed E-state index contributed by atoms with van der Waals surface area (Å²) in [5, 5.41) is 11.9. The number of fused-ring (bicyclic) bond motifs is 2. The maximum absolute atomic E-state index is 12.1. The molecule has 0 radical (unpaired) electrons. The first-order valence-corrected chi connectivity index (χ1v) is 12.1.